The Morgan fingerprint density at radius 2 is 1.67 bits per heavy atom. The summed E-state index contributed by atoms with van der Waals surface area (Å²) in [7, 11) is 0. The summed E-state index contributed by atoms with van der Waals surface area (Å²) in [5, 5.41) is 0. The van der Waals surface area contributed by atoms with Crippen LogP contribution in [0, 0.1) is 5.92 Å². The molecule has 0 aliphatic rings. The molecule has 1 aromatic rings. The van der Waals surface area contributed by atoms with Crippen LogP contribution in [0.2, 0.25) is 0 Å². The summed E-state index contributed by atoms with van der Waals surface area (Å²) in [6.07, 6.45) is 5.46. The fourth-order valence-corrected chi connectivity index (χ4v) is 2.05. The maximum atomic E-state index is 2.38. The van der Waals surface area contributed by atoms with Gasteiger partial charge in [-0.25, -0.2) is 0 Å². The van der Waals surface area contributed by atoms with Crippen molar-refractivity contribution in [3.8, 4) is 0 Å². The van der Waals surface area contributed by atoms with Crippen molar-refractivity contribution in [3.05, 3.63) is 35.9 Å². The first-order chi connectivity index (χ1) is 7.25. The number of rotatable bonds is 6. The molecule has 0 fully saturated rings. The second-order valence-corrected chi connectivity index (χ2v) is 4.67. The predicted octanol–water partition coefficient (Wildman–Crippen LogP) is 5.01. The van der Waals surface area contributed by atoms with Crippen molar-refractivity contribution in [3.63, 3.8) is 0 Å². The molecule has 0 radical (unpaired) electrons. The summed E-state index contributed by atoms with van der Waals surface area (Å²) in [5.41, 5.74) is 1.49. The van der Waals surface area contributed by atoms with Crippen molar-refractivity contribution in [2.24, 2.45) is 5.92 Å². The molecule has 0 bridgehead atoms. The maximum Gasteiger partial charge on any atom is -0.0165 e. The summed E-state index contributed by atoms with van der Waals surface area (Å²) >= 11 is 0. The molecule has 1 rings (SSSR count). The van der Waals surface area contributed by atoms with Gasteiger partial charge in [-0.3, -0.25) is 0 Å². The van der Waals surface area contributed by atoms with E-state index in [0.717, 1.165) is 5.92 Å². The van der Waals surface area contributed by atoms with Crippen LogP contribution < -0.4 is 0 Å². The van der Waals surface area contributed by atoms with E-state index in [1.54, 1.807) is 0 Å². The van der Waals surface area contributed by atoms with E-state index in [9.17, 15) is 0 Å². The zero-order valence-corrected chi connectivity index (χ0v) is 10.4. The van der Waals surface area contributed by atoms with E-state index >= 15 is 0 Å². The van der Waals surface area contributed by atoms with Crippen molar-refractivity contribution >= 4 is 0 Å². The van der Waals surface area contributed by atoms with Crippen molar-refractivity contribution < 1.29 is 0 Å². The van der Waals surface area contributed by atoms with Gasteiger partial charge in [-0.05, 0) is 17.4 Å². The minimum Gasteiger partial charge on any atom is -0.0654 e. The molecule has 0 spiro atoms. The Morgan fingerprint density at radius 3 is 2.27 bits per heavy atom. The monoisotopic (exact) mass is 204 g/mol. The molecule has 15 heavy (non-hydrogen) atoms. The lowest BCUT2D eigenvalue weighted by molar-refractivity contribution is 0.431. The van der Waals surface area contributed by atoms with Crippen LogP contribution in [0.1, 0.15) is 57.9 Å². The van der Waals surface area contributed by atoms with Gasteiger partial charge in [0.15, 0.2) is 0 Å². The lowest BCUT2D eigenvalue weighted by Crippen LogP contribution is -2.06. The summed E-state index contributed by atoms with van der Waals surface area (Å²) < 4.78 is 0. The lowest BCUT2D eigenvalue weighted by atomic mass is 9.85. The fraction of sp³-hybridized carbons (Fsp3) is 0.600. The van der Waals surface area contributed by atoms with Crippen LogP contribution >= 0.6 is 0 Å². The van der Waals surface area contributed by atoms with Crippen LogP contribution in [0.5, 0.6) is 0 Å². The zero-order chi connectivity index (χ0) is 11.1. The van der Waals surface area contributed by atoms with Crippen molar-refractivity contribution in [1.82, 2.24) is 0 Å². The van der Waals surface area contributed by atoms with Gasteiger partial charge in [-0.2, -0.15) is 0 Å². The second-order valence-electron chi connectivity index (χ2n) is 4.67. The smallest absolute Gasteiger partial charge is 0.0165 e. The van der Waals surface area contributed by atoms with Crippen LogP contribution in [0.15, 0.2) is 30.3 Å². The summed E-state index contributed by atoms with van der Waals surface area (Å²) in [6.45, 7) is 7.00. The zero-order valence-electron chi connectivity index (χ0n) is 10.4. The Bertz CT molecular complexity index is 250. The molecule has 0 saturated carbocycles. The van der Waals surface area contributed by atoms with E-state index in [0.29, 0.717) is 5.92 Å². The van der Waals surface area contributed by atoms with Crippen LogP contribution in [0.25, 0.3) is 0 Å². The highest BCUT2D eigenvalue weighted by molar-refractivity contribution is 5.19. The number of hydrogen-bond acceptors (Lipinski definition) is 0. The first-order valence-corrected chi connectivity index (χ1v) is 6.30. The van der Waals surface area contributed by atoms with E-state index in [2.05, 4.69) is 51.1 Å². The molecule has 0 heteroatoms. The van der Waals surface area contributed by atoms with Gasteiger partial charge in [-0.15, -0.1) is 0 Å². The molecule has 2 atom stereocenters. The molecular formula is C15H24. The normalized spacial score (nSPS) is 14.9. The molecule has 0 saturated heterocycles. The predicted molar refractivity (Wildman–Crippen MR) is 68.2 cm³/mol. The molecule has 0 N–H and O–H groups in total. The Labute approximate surface area is 94.7 Å². The Morgan fingerprint density at radius 1 is 1.00 bits per heavy atom. The largest absolute Gasteiger partial charge is 0.0654 e. The van der Waals surface area contributed by atoms with Crippen molar-refractivity contribution in [1.29, 1.82) is 0 Å². The highest BCUT2D eigenvalue weighted by Crippen LogP contribution is 2.27. The van der Waals surface area contributed by atoms with Gasteiger partial charge < -0.3 is 0 Å². The fourth-order valence-electron chi connectivity index (χ4n) is 2.05. The highest BCUT2D eigenvalue weighted by atomic mass is 14.2. The van der Waals surface area contributed by atoms with Gasteiger partial charge in [0.2, 0.25) is 0 Å². The molecule has 0 heterocycles. The first-order valence-electron chi connectivity index (χ1n) is 6.30. The van der Waals surface area contributed by atoms with Gasteiger partial charge in [-0.1, -0.05) is 76.8 Å². The van der Waals surface area contributed by atoms with Gasteiger partial charge in [0.05, 0.1) is 0 Å². The Balaban J connectivity index is 2.42. The van der Waals surface area contributed by atoms with Crippen LogP contribution in [0.4, 0.5) is 0 Å². The van der Waals surface area contributed by atoms with Crippen LogP contribution in [0.3, 0.4) is 0 Å². The third kappa shape index (κ3) is 4.07. The SMILES string of the molecule is CCCCCC(C)C(C)c1ccccc1. The van der Waals surface area contributed by atoms with Crippen molar-refractivity contribution in [2.75, 3.05) is 0 Å². The van der Waals surface area contributed by atoms with Crippen molar-refractivity contribution in [2.45, 2.75) is 52.4 Å². The summed E-state index contributed by atoms with van der Waals surface area (Å²) in [6, 6.07) is 10.9. The van der Waals surface area contributed by atoms with E-state index in [-0.39, 0.29) is 0 Å². The molecule has 0 aliphatic heterocycles. The quantitative estimate of drug-likeness (QED) is 0.572. The van der Waals surface area contributed by atoms with E-state index in [1.165, 1.54) is 31.2 Å². The molecule has 0 aliphatic carbocycles. The van der Waals surface area contributed by atoms with Gasteiger partial charge in [0, 0.05) is 0 Å². The Kier molecular flexibility index (Phi) is 5.45. The first kappa shape index (κ1) is 12.3. The molecule has 0 amide bonds. The molecular weight excluding hydrogens is 180 g/mol. The number of unbranched alkanes of at least 4 members (excludes halogenated alkanes) is 2. The standard InChI is InChI=1S/C15H24/c1-4-5-7-10-13(2)14(3)15-11-8-6-9-12-15/h6,8-9,11-14H,4-5,7,10H2,1-3H3. The molecule has 84 valence electrons. The van der Waals surface area contributed by atoms with Gasteiger partial charge in [0.1, 0.15) is 0 Å². The van der Waals surface area contributed by atoms with Gasteiger partial charge >= 0.3 is 0 Å². The van der Waals surface area contributed by atoms with Crippen LogP contribution in [-0.2, 0) is 0 Å². The highest BCUT2D eigenvalue weighted by Gasteiger charge is 2.13. The molecule has 0 nitrogen and oxygen atoms in total. The van der Waals surface area contributed by atoms with E-state index in [4.69, 9.17) is 0 Å². The van der Waals surface area contributed by atoms with E-state index < -0.39 is 0 Å². The third-order valence-electron chi connectivity index (χ3n) is 3.44. The molecule has 2 unspecified atom stereocenters. The minimum absolute atomic E-state index is 0.697. The van der Waals surface area contributed by atoms with E-state index in [1.807, 2.05) is 0 Å². The van der Waals surface area contributed by atoms with Crippen LogP contribution in [-0.4, -0.2) is 0 Å². The topological polar surface area (TPSA) is 0 Å². The number of benzene rings is 1. The lowest BCUT2D eigenvalue weighted by Gasteiger charge is -2.20. The minimum atomic E-state index is 0.697. The maximum absolute atomic E-state index is 2.38. The third-order valence-corrected chi connectivity index (χ3v) is 3.44. The van der Waals surface area contributed by atoms with Gasteiger partial charge in [0.25, 0.3) is 0 Å². The Hall–Kier alpha value is -0.780. The summed E-state index contributed by atoms with van der Waals surface area (Å²) in [5.74, 6) is 1.50. The molecule has 0 aromatic heterocycles. The average molecular weight is 204 g/mol. The molecule has 1 aromatic carbocycles. The average Bonchev–Trinajstić information content (AvgIpc) is 2.29. The second kappa shape index (κ2) is 6.66. The number of hydrogen-bond donors (Lipinski definition) is 0. The summed E-state index contributed by atoms with van der Waals surface area (Å²) in [4.78, 5) is 0.